The van der Waals surface area contributed by atoms with Gasteiger partial charge in [-0.3, -0.25) is 4.79 Å². The molecule has 0 bridgehead atoms. The molecule has 2 N–H and O–H groups in total. The van der Waals surface area contributed by atoms with E-state index < -0.39 is 0 Å². The second-order valence-corrected chi connectivity index (χ2v) is 5.83. The van der Waals surface area contributed by atoms with Gasteiger partial charge in [-0.1, -0.05) is 0 Å². The van der Waals surface area contributed by atoms with E-state index in [1.165, 1.54) is 12.1 Å². The molecule has 1 atom stereocenters. The zero-order valence-electron chi connectivity index (χ0n) is 13.0. The number of rotatable bonds is 6. The molecule has 0 radical (unpaired) electrons. The summed E-state index contributed by atoms with van der Waals surface area (Å²) in [6, 6.07) is 8.42. The summed E-state index contributed by atoms with van der Waals surface area (Å²) in [5, 5.41) is 10.7. The first-order valence-corrected chi connectivity index (χ1v) is 8.01. The molecule has 5 nitrogen and oxygen atoms in total. The molecule has 1 unspecified atom stereocenters. The van der Waals surface area contributed by atoms with E-state index in [1.807, 2.05) is 12.3 Å². The van der Waals surface area contributed by atoms with Crippen LogP contribution in [0.5, 0.6) is 0 Å². The fraction of sp³-hybridized carbons (Fsp3) is 0.412. The molecule has 0 spiro atoms. The van der Waals surface area contributed by atoms with E-state index in [2.05, 4.69) is 15.7 Å². The monoisotopic (exact) mass is 316 g/mol. The van der Waals surface area contributed by atoms with Crippen LogP contribution in [-0.4, -0.2) is 34.8 Å². The van der Waals surface area contributed by atoms with Crippen LogP contribution >= 0.6 is 0 Å². The molecule has 23 heavy (non-hydrogen) atoms. The summed E-state index contributed by atoms with van der Waals surface area (Å²) in [5.74, 6) is -0.178. The van der Waals surface area contributed by atoms with E-state index in [-0.39, 0.29) is 11.7 Å². The molecule has 1 amide bonds. The maximum absolute atomic E-state index is 12.9. The zero-order valence-corrected chi connectivity index (χ0v) is 13.0. The topological polar surface area (TPSA) is 59.0 Å². The molecule has 3 rings (SSSR count). The number of hydrogen-bond acceptors (Lipinski definition) is 3. The number of nitrogens with zero attached hydrogens (tertiary/aromatic N) is 2. The van der Waals surface area contributed by atoms with Crippen LogP contribution in [0, 0.1) is 5.82 Å². The van der Waals surface area contributed by atoms with Crippen LogP contribution in [0.2, 0.25) is 0 Å². The van der Waals surface area contributed by atoms with Crippen LogP contribution < -0.4 is 10.6 Å². The largest absolute Gasteiger partial charge is 0.356 e. The first-order chi connectivity index (χ1) is 11.2. The molecular formula is C17H21FN4O. The van der Waals surface area contributed by atoms with Gasteiger partial charge in [-0.15, -0.1) is 0 Å². The normalized spacial score (nSPS) is 17.3. The summed E-state index contributed by atoms with van der Waals surface area (Å²) < 4.78 is 14.6. The highest BCUT2D eigenvalue weighted by molar-refractivity contribution is 5.76. The fourth-order valence-electron chi connectivity index (χ4n) is 2.79. The minimum absolute atomic E-state index is 0.0855. The minimum Gasteiger partial charge on any atom is -0.356 e. The van der Waals surface area contributed by atoms with Gasteiger partial charge in [-0.05, 0) is 49.7 Å². The predicted molar refractivity (Wildman–Crippen MR) is 85.9 cm³/mol. The van der Waals surface area contributed by atoms with Crippen molar-refractivity contribution in [3.8, 4) is 5.69 Å². The quantitative estimate of drug-likeness (QED) is 0.854. The van der Waals surface area contributed by atoms with Gasteiger partial charge in [0.15, 0.2) is 0 Å². The molecule has 1 aromatic carbocycles. The standard InChI is InChI=1S/C17H21FN4O/c18-13-3-5-16(6-4-13)22-11-8-14(21-22)7-10-20-17(23)12-15-2-1-9-19-15/h3-6,8,11,15,19H,1-2,7,9-10,12H2,(H,20,23). The lowest BCUT2D eigenvalue weighted by molar-refractivity contribution is -0.121. The highest BCUT2D eigenvalue weighted by atomic mass is 19.1. The number of amides is 1. The number of halogens is 1. The van der Waals surface area contributed by atoms with Crippen molar-refractivity contribution in [2.75, 3.05) is 13.1 Å². The molecule has 1 aliphatic heterocycles. The molecule has 2 aromatic rings. The minimum atomic E-state index is -0.263. The van der Waals surface area contributed by atoms with Crippen molar-refractivity contribution in [1.29, 1.82) is 0 Å². The summed E-state index contributed by atoms with van der Waals surface area (Å²) in [4.78, 5) is 11.8. The number of carbonyl (C=O) groups excluding carboxylic acids is 1. The molecule has 1 saturated heterocycles. The third kappa shape index (κ3) is 4.39. The number of benzene rings is 1. The Morgan fingerprint density at radius 2 is 2.17 bits per heavy atom. The average molecular weight is 316 g/mol. The lowest BCUT2D eigenvalue weighted by atomic mass is 10.1. The van der Waals surface area contributed by atoms with Crippen molar-refractivity contribution < 1.29 is 9.18 Å². The molecule has 2 heterocycles. The van der Waals surface area contributed by atoms with E-state index in [9.17, 15) is 9.18 Å². The summed E-state index contributed by atoms with van der Waals surface area (Å²) in [5.41, 5.74) is 1.71. The third-order valence-corrected chi connectivity index (χ3v) is 4.03. The lowest BCUT2D eigenvalue weighted by Gasteiger charge is -2.09. The molecular weight excluding hydrogens is 295 g/mol. The SMILES string of the molecule is O=C(CC1CCCN1)NCCc1ccn(-c2ccc(F)cc2)n1. The van der Waals surface area contributed by atoms with Gasteiger partial charge < -0.3 is 10.6 Å². The summed E-state index contributed by atoms with van der Waals surface area (Å²) in [6.07, 6.45) is 5.29. The van der Waals surface area contributed by atoms with Crippen LogP contribution in [-0.2, 0) is 11.2 Å². The van der Waals surface area contributed by atoms with Gasteiger partial charge in [0.2, 0.25) is 5.91 Å². The Labute approximate surface area is 134 Å². The van der Waals surface area contributed by atoms with Crippen molar-refractivity contribution in [2.24, 2.45) is 0 Å². The number of hydrogen-bond donors (Lipinski definition) is 2. The maximum Gasteiger partial charge on any atom is 0.221 e. The molecule has 1 aromatic heterocycles. The van der Waals surface area contributed by atoms with Crippen LogP contribution in [0.3, 0.4) is 0 Å². The Hall–Kier alpha value is -2.21. The van der Waals surface area contributed by atoms with Crippen LogP contribution in [0.25, 0.3) is 5.69 Å². The fourth-order valence-corrected chi connectivity index (χ4v) is 2.79. The van der Waals surface area contributed by atoms with Crippen molar-refractivity contribution in [3.63, 3.8) is 0 Å². The summed E-state index contributed by atoms with van der Waals surface area (Å²) >= 11 is 0. The average Bonchev–Trinajstić information content (AvgIpc) is 3.20. The maximum atomic E-state index is 12.9. The smallest absolute Gasteiger partial charge is 0.221 e. The highest BCUT2D eigenvalue weighted by Gasteiger charge is 2.17. The Bertz CT molecular complexity index is 647. The van der Waals surface area contributed by atoms with E-state index in [1.54, 1.807) is 16.8 Å². The zero-order chi connectivity index (χ0) is 16.1. The molecule has 0 aliphatic carbocycles. The van der Waals surface area contributed by atoms with E-state index >= 15 is 0 Å². The van der Waals surface area contributed by atoms with Gasteiger partial charge in [0.1, 0.15) is 5.82 Å². The molecule has 6 heteroatoms. The number of nitrogens with one attached hydrogen (secondary N) is 2. The van der Waals surface area contributed by atoms with Crippen molar-refractivity contribution >= 4 is 5.91 Å². The highest BCUT2D eigenvalue weighted by Crippen LogP contribution is 2.10. The predicted octanol–water partition coefficient (Wildman–Crippen LogP) is 1.81. The molecule has 0 saturated carbocycles. The van der Waals surface area contributed by atoms with Crippen LogP contribution in [0.4, 0.5) is 4.39 Å². The number of aromatic nitrogens is 2. The summed E-state index contributed by atoms with van der Waals surface area (Å²) in [7, 11) is 0. The molecule has 1 fully saturated rings. The third-order valence-electron chi connectivity index (χ3n) is 4.03. The Morgan fingerprint density at radius 1 is 1.35 bits per heavy atom. The van der Waals surface area contributed by atoms with Gasteiger partial charge in [-0.25, -0.2) is 9.07 Å². The van der Waals surface area contributed by atoms with Crippen LogP contribution in [0.1, 0.15) is 25.0 Å². The van der Waals surface area contributed by atoms with Gasteiger partial charge in [-0.2, -0.15) is 5.10 Å². The van der Waals surface area contributed by atoms with Crippen molar-refractivity contribution in [3.05, 3.63) is 48.0 Å². The second-order valence-electron chi connectivity index (χ2n) is 5.83. The van der Waals surface area contributed by atoms with E-state index in [4.69, 9.17) is 0 Å². The first-order valence-electron chi connectivity index (χ1n) is 8.01. The Morgan fingerprint density at radius 3 is 2.91 bits per heavy atom. The molecule has 122 valence electrons. The second kappa shape index (κ2) is 7.37. The van der Waals surface area contributed by atoms with Gasteiger partial charge in [0.25, 0.3) is 0 Å². The lowest BCUT2D eigenvalue weighted by Crippen LogP contribution is -2.32. The first kappa shape index (κ1) is 15.7. The Balaban J connectivity index is 1.45. The van der Waals surface area contributed by atoms with Crippen molar-refractivity contribution in [2.45, 2.75) is 31.7 Å². The number of carbonyl (C=O) groups is 1. The van der Waals surface area contributed by atoms with Gasteiger partial charge >= 0.3 is 0 Å². The molecule has 1 aliphatic rings. The summed E-state index contributed by atoms with van der Waals surface area (Å²) in [6.45, 7) is 1.59. The van der Waals surface area contributed by atoms with Crippen LogP contribution in [0.15, 0.2) is 36.5 Å². The van der Waals surface area contributed by atoms with Gasteiger partial charge in [0, 0.05) is 31.6 Å². The van der Waals surface area contributed by atoms with E-state index in [0.717, 1.165) is 30.8 Å². The van der Waals surface area contributed by atoms with E-state index in [0.29, 0.717) is 25.4 Å². The Kier molecular flexibility index (Phi) is 5.02. The van der Waals surface area contributed by atoms with Crippen molar-refractivity contribution in [1.82, 2.24) is 20.4 Å². The van der Waals surface area contributed by atoms with Gasteiger partial charge in [0.05, 0.1) is 11.4 Å².